The van der Waals surface area contributed by atoms with Crippen molar-refractivity contribution >= 4 is 26.6 Å². The number of rotatable bonds is 9. The van der Waals surface area contributed by atoms with Crippen molar-refractivity contribution in [2.24, 2.45) is 0 Å². The number of nitrogens with one attached hydrogen (secondary N) is 1. The number of nitrogens with zero attached hydrogens (tertiary/aromatic N) is 5. The van der Waals surface area contributed by atoms with Crippen LogP contribution in [0.25, 0.3) is 5.69 Å². The minimum atomic E-state index is -4.01. The molecule has 0 unspecified atom stereocenters. The number of ether oxygens (including phenoxy) is 2. The van der Waals surface area contributed by atoms with Gasteiger partial charge in [0.25, 0.3) is 0 Å². The standard InChI is InChI=1S/C24H34N6O6S2/c1-15-12-25-22(26-13-15)16(2)17(3)38(33,34)29-24-28-27-23(18-8-7-11-37(31,32)14-18)30(24)21-19(35-4)9-6-10-20(21)36-5/h6,9-10,12-13,16-18,31-32H,7-8,11,14H2,1-5H3,(H,28,29)/t16-,17-,18+/m0/s1. The fourth-order valence-corrected chi connectivity index (χ4v) is 7.48. The molecule has 0 amide bonds. The first kappa shape index (κ1) is 28.1. The van der Waals surface area contributed by atoms with E-state index in [-0.39, 0.29) is 17.6 Å². The molecular weight excluding hydrogens is 532 g/mol. The summed E-state index contributed by atoms with van der Waals surface area (Å²) in [6.45, 7) is 5.19. The van der Waals surface area contributed by atoms with E-state index in [0.717, 1.165) is 5.56 Å². The Bertz CT molecular complexity index is 1360. The first-order valence-electron chi connectivity index (χ1n) is 12.2. The highest BCUT2D eigenvalue weighted by Crippen LogP contribution is 2.50. The number of aryl methyl sites for hydroxylation is 1. The van der Waals surface area contributed by atoms with E-state index in [4.69, 9.17) is 9.47 Å². The third-order valence-corrected chi connectivity index (χ3v) is 10.5. The van der Waals surface area contributed by atoms with E-state index < -0.39 is 31.8 Å². The quantitative estimate of drug-likeness (QED) is 0.346. The lowest BCUT2D eigenvalue weighted by Gasteiger charge is -2.39. The van der Waals surface area contributed by atoms with Gasteiger partial charge in [0, 0.05) is 35.7 Å². The minimum Gasteiger partial charge on any atom is -0.494 e. The van der Waals surface area contributed by atoms with Gasteiger partial charge in [0.15, 0.2) is 0 Å². The molecule has 2 aromatic heterocycles. The molecule has 3 N–H and O–H groups in total. The number of benzene rings is 1. The third kappa shape index (κ3) is 5.72. The molecule has 1 fully saturated rings. The number of anilines is 1. The summed E-state index contributed by atoms with van der Waals surface area (Å²) < 4.78 is 63.3. The number of hydrogen-bond acceptors (Lipinski definition) is 10. The van der Waals surface area contributed by atoms with Crippen LogP contribution < -0.4 is 14.2 Å². The predicted octanol–water partition coefficient (Wildman–Crippen LogP) is 3.94. The molecule has 1 aliphatic rings. The van der Waals surface area contributed by atoms with Crippen molar-refractivity contribution in [1.82, 2.24) is 24.7 Å². The van der Waals surface area contributed by atoms with Crippen LogP contribution in [0.1, 0.15) is 55.7 Å². The Balaban J connectivity index is 1.79. The molecule has 0 aliphatic carbocycles. The lowest BCUT2D eigenvalue weighted by molar-refractivity contribution is 0.390. The van der Waals surface area contributed by atoms with Crippen LogP contribution >= 0.6 is 10.6 Å². The van der Waals surface area contributed by atoms with Gasteiger partial charge in [-0.1, -0.05) is 13.0 Å². The maximum atomic E-state index is 13.6. The highest BCUT2D eigenvalue weighted by Gasteiger charge is 2.35. The molecule has 1 aliphatic heterocycles. The van der Waals surface area contributed by atoms with Gasteiger partial charge in [-0.3, -0.25) is 18.4 Å². The van der Waals surface area contributed by atoms with E-state index >= 15 is 0 Å². The molecule has 0 saturated carbocycles. The SMILES string of the molecule is COc1cccc(OC)c1-n1c(NS(=O)(=O)[C@@H](C)[C@H](C)c2ncc(C)cn2)nnc1[C@@H]1CCCS(O)(O)C1. The zero-order valence-electron chi connectivity index (χ0n) is 22.0. The summed E-state index contributed by atoms with van der Waals surface area (Å²) >= 11 is 0. The zero-order valence-corrected chi connectivity index (χ0v) is 23.7. The fraction of sp³-hybridized carbons (Fsp3) is 0.500. The molecule has 3 atom stereocenters. The molecule has 1 aromatic carbocycles. The smallest absolute Gasteiger partial charge is 0.243 e. The van der Waals surface area contributed by atoms with Crippen molar-refractivity contribution in [1.29, 1.82) is 0 Å². The summed E-state index contributed by atoms with van der Waals surface area (Å²) in [5.41, 5.74) is 1.28. The van der Waals surface area contributed by atoms with Crippen molar-refractivity contribution in [2.45, 2.75) is 50.7 Å². The van der Waals surface area contributed by atoms with Crippen molar-refractivity contribution in [3.05, 3.63) is 47.8 Å². The van der Waals surface area contributed by atoms with Crippen LogP contribution in [0.15, 0.2) is 30.6 Å². The van der Waals surface area contributed by atoms with E-state index in [0.29, 0.717) is 47.4 Å². The van der Waals surface area contributed by atoms with Gasteiger partial charge in [-0.15, -0.1) is 10.2 Å². The summed E-state index contributed by atoms with van der Waals surface area (Å²) in [5.74, 6) is 1.09. The molecule has 208 valence electrons. The number of aromatic nitrogens is 5. The van der Waals surface area contributed by atoms with Crippen LogP contribution in [-0.4, -0.2) is 73.2 Å². The third-order valence-electron chi connectivity index (χ3n) is 6.81. The van der Waals surface area contributed by atoms with Crippen molar-refractivity contribution in [2.75, 3.05) is 30.4 Å². The molecule has 0 radical (unpaired) electrons. The molecule has 0 spiro atoms. The van der Waals surface area contributed by atoms with E-state index in [2.05, 4.69) is 24.9 Å². The Morgan fingerprint density at radius 1 is 1.11 bits per heavy atom. The van der Waals surface area contributed by atoms with Gasteiger partial charge >= 0.3 is 0 Å². The van der Waals surface area contributed by atoms with Gasteiger partial charge in [-0.25, -0.2) is 18.4 Å². The molecule has 3 aromatic rings. The summed E-state index contributed by atoms with van der Waals surface area (Å²) in [5, 5.41) is 7.62. The maximum Gasteiger partial charge on any atom is 0.243 e. The lowest BCUT2D eigenvalue weighted by atomic mass is 10.0. The van der Waals surface area contributed by atoms with Gasteiger partial charge in [0.1, 0.15) is 28.8 Å². The molecule has 4 rings (SSSR count). The van der Waals surface area contributed by atoms with Crippen LogP contribution in [0.4, 0.5) is 5.95 Å². The average Bonchev–Trinajstić information content (AvgIpc) is 3.29. The number of hydrogen-bond donors (Lipinski definition) is 3. The van der Waals surface area contributed by atoms with Gasteiger partial charge in [0.05, 0.1) is 19.5 Å². The predicted molar refractivity (Wildman–Crippen MR) is 146 cm³/mol. The van der Waals surface area contributed by atoms with Crippen molar-refractivity contribution in [3.8, 4) is 17.2 Å². The molecule has 12 nitrogen and oxygen atoms in total. The summed E-state index contributed by atoms with van der Waals surface area (Å²) in [6, 6.07) is 5.18. The highest BCUT2D eigenvalue weighted by molar-refractivity contribution is 8.24. The van der Waals surface area contributed by atoms with Crippen LogP contribution in [0.5, 0.6) is 11.5 Å². The first-order valence-corrected chi connectivity index (χ1v) is 15.6. The Kier molecular flexibility index (Phi) is 8.16. The molecular formula is C24H34N6O6S2. The van der Waals surface area contributed by atoms with E-state index in [9.17, 15) is 17.5 Å². The van der Waals surface area contributed by atoms with Crippen molar-refractivity contribution in [3.63, 3.8) is 0 Å². The molecule has 1 saturated heterocycles. The topological polar surface area (TPSA) is 162 Å². The Morgan fingerprint density at radius 3 is 2.32 bits per heavy atom. The Labute approximate surface area is 224 Å². The van der Waals surface area contributed by atoms with Crippen LogP contribution in [-0.2, 0) is 10.0 Å². The Hall–Kier alpha value is -2.94. The van der Waals surface area contributed by atoms with Gasteiger partial charge in [-0.2, -0.15) is 10.6 Å². The molecule has 38 heavy (non-hydrogen) atoms. The van der Waals surface area contributed by atoms with E-state index in [1.807, 2.05) is 6.92 Å². The summed E-state index contributed by atoms with van der Waals surface area (Å²) in [7, 11) is -3.81. The first-order chi connectivity index (χ1) is 18.0. The van der Waals surface area contributed by atoms with Gasteiger partial charge in [0.2, 0.25) is 16.0 Å². The number of sulfonamides is 1. The second kappa shape index (κ2) is 11.0. The van der Waals surface area contributed by atoms with Crippen LogP contribution in [0, 0.1) is 6.92 Å². The minimum absolute atomic E-state index is 0.0614. The second-order valence-corrected chi connectivity index (χ2v) is 13.9. The summed E-state index contributed by atoms with van der Waals surface area (Å²) in [6.07, 6.45) is 4.53. The maximum absolute atomic E-state index is 13.6. The molecule has 14 heteroatoms. The summed E-state index contributed by atoms with van der Waals surface area (Å²) in [4.78, 5) is 8.59. The highest BCUT2D eigenvalue weighted by atomic mass is 32.3. The zero-order chi connectivity index (χ0) is 27.7. The van der Waals surface area contributed by atoms with E-state index in [1.165, 1.54) is 14.2 Å². The number of para-hydroxylation sites is 1. The van der Waals surface area contributed by atoms with E-state index in [1.54, 1.807) is 49.0 Å². The monoisotopic (exact) mass is 566 g/mol. The second-order valence-electron chi connectivity index (χ2n) is 9.50. The Morgan fingerprint density at radius 2 is 1.74 bits per heavy atom. The van der Waals surface area contributed by atoms with Crippen LogP contribution in [0.3, 0.4) is 0 Å². The normalized spacial score (nSPS) is 19.8. The lowest BCUT2D eigenvalue weighted by Crippen LogP contribution is -2.32. The average molecular weight is 567 g/mol. The molecule has 3 heterocycles. The van der Waals surface area contributed by atoms with Gasteiger partial charge < -0.3 is 9.47 Å². The van der Waals surface area contributed by atoms with Crippen LogP contribution in [0.2, 0.25) is 0 Å². The molecule has 0 bridgehead atoms. The van der Waals surface area contributed by atoms with Gasteiger partial charge in [-0.05, 0) is 44.4 Å². The van der Waals surface area contributed by atoms with Crippen molar-refractivity contribution < 1.29 is 27.0 Å². The largest absolute Gasteiger partial charge is 0.494 e. The fourth-order valence-electron chi connectivity index (χ4n) is 4.49. The number of methoxy groups -OCH3 is 2.